The quantitative estimate of drug-likeness (QED) is 0.583. The van der Waals surface area contributed by atoms with E-state index in [-0.39, 0.29) is 11.7 Å². The molecule has 0 fully saturated rings. The van der Waals surface area contributed by atoms with E-state index in [0.717, 1.165) is 12.8 Å². The smallest absolute Gasteiger partial charge is 0.224 e. The molecule has 0 unspecified atom stereocenters. The van der Waals surface area contributed by atoms with Gasteiger partial charge in [-0.15, -0.1) is 0 Å². The van der Waals surface area contributed by atoms with Crippen molar-refractivity contribution in [1.82, 2.24) is 0 Å². The Hall–Kier alpha value is -1.68. The van der Waals surface area contributed by atoms with Crippen LogP contribution in [0.25, 0.3) is 0 Å². The van der Waals surface area contributed by atoms with Gasteiger partial charge in [0.05, 0.1) is 0 Å². The van der Waals surface area contributed by atoms with E-state index in [1.165, 1.54) is 6.92 Å². The minimum atomic E-state index is -0.0425. The van der Waals surface area contributed by atoms with Crippen molar-refractivity contribution >= 4 is 17.4 Å². The number of nitrogens with two attached hydrogens (primary N) is 1. The summed E-state index contributed by atoms with van der Waals surface area (Å²) in [7, 11) is 0. The summed E-state index contributed by atoms with van der Waals surface area (Å²) in [5.41, 5.74) is 6.62. The van der Waals surface area contributed by atoms with E-state index in [0.29, 0.717) is 24.2 Å². The second-order valence-electron chi connectivity index (χ2n) is 3.93. The molecule has 4 heteroatoms. The zero-order chi connectivity index (χ0) is 12.7. The number of hydrogen-bond acceptors (Lipinski definition) is 3. The normalized spacial score (nSPS) is 10.0. The lowest BCUT2D eigenvalue weighted by Crippen LogP contribution is -2.12. The number of unbranched alkanes of at least 4 members (excludes halogenated alkanes) is 1. The van der Waals surface area contributed by atoms with Crippen molar-refractivity contribution in [2.24, 2.45) is 5.73 Å². The maximum absolute atomic E-state index is 11.5. The van der Waals surface area contributed by atoms with Gasteiger partial charge in [-0.05, 0) is 38.4 Å². The second kappa shape index (κ2) is 6.81. The highest BCUT2D eigenvalue weighted by Gasteiger charge is 2.04. The molecule has 0 heterocycles. The van der Waals surface area contributed by atoms with Gasteiger partial charge >= 0.3 is 0 Å². The molecule has 3 N–H and O–H groups in total. The van der Waals surface area contributed by atoms with Crippen molar-refractivity contribution < 1.29 is 9.59 Å². The highest BCUT2D eigenvalue weighted by Crippen LogP contribution is 2.11. The van der Waals surface area contributed by atoms with Crippen LogP contribution in [-0.2, 0) is 4.79 Å². The Morgan fingerprint density at radius 3 is 2.71 bits per heavy atom. The summed E-state index contributed by atoms with van der Waals surface area (Å²) in [6, 6.07) is 6.94. The number of anilines is 1. The van der Waals surface area contributed by atoms with Gasteiger partial charge in [0.15, 0.2) is 5.78 Å². The van der Waals surface area contributed by atoms with Gasteiger partial charge < -0.3 is 11.1 Å². The Balaban J connectivity index is 2.53. The molecule has 0 aliphatic rings. The summed E-state index contributed by atoms with van der Waals surface area (Å²) < 4.78 is 0. The molecule has 0 aliphatic carbocycles. The Morgan fingerprint density at radius 1 is 1.29 bits per heavy atom. The fourth-order valence-electron chi connectivity index (χ4n) is 1.47. The van der Waals surface area contributed by atoms with Crippen LogP contribution in [0, 0.1) is 0 Å². The fourth-order valence-corrected chi connectivity index (χ4v) is 1.47. The highest BCUT2D eigenvalue weighted by atomic mass is 16.1. The molecule has 0 spiro atoms. The minimum absolute atomic E-state index is 0.00997. The third kappa shape index (κ3) is 4.78. The number of carbonyl (C=O) groups excluding carboxylic acids is 2. The van der Waals surface area contributed by atoms with E-state index in [9.17, 15) is 9.59 Å². The summed E-state index contributed by atoms with van der Waals surface area (Å²) in [6.07, 6.45) is 2.09. The van der Waals surface area contributed by atoms with Crippen molar-refractivity contribution in [3.8, 4) is 0 Å². The van der Waals surface area contributed by atoms with E-state index in [4.69, 9.17) is 5.73 Å². The highest BCUT2D eigenvalue weighted by molar-refractivity contribution is 5.97. The molecule has 0 radical (unpaired) electrons. The standard InChI is InChI=1S/C13H18N2O2/c1-10(16)11-5-4-6-12(9-11)15-13(17)7-2-3-8-14/h4-6,9H,2-3,7-8,14H2,1H3,(H,15,17). The van der Waals surface area contributed by atoms with Crippen LogP contribution in [0.3, 0.4) is 0 Å². The molecule has 4 nitrogen and oxygen atoms in total. The number of hydrogen-bond donors (Lipinski definition) is 2. The Kier molecular flexibility index (Phi) is 5.36. The maximum Gasteiger partial charge on any atom is 0.224 e. The third-order valence-electron chi connectivity index (χ3n) is 2.41. The topological polar surface area (TPSA) is 72.2 Å². The number of ketones is 1. The van der Waals surface area contributed by atoms with Crippen LogP contribution in [0.2, 0.25) is 0 Å². The second-order valence-corrected chi connectivity index (χ2v) is 3.93. The Labute approximate surface area is 101 Å². The van der Waals surface area contributed by atoms with Crippen molar-refractivity contribution in [3.05, 3.63) is 29.8 Å². The number of nitrogens with one attached hydrogen (secondary N) is 1. The van der Waals surface area contributed by atoms with Crippen LogP contribution < -0.4 is 11.1 Å². The first-order chi connectivity index (χ1) is 8.13. The zero-order valence-electron chi connectivity index (χ0n) is 10.0. The van der Waals surface area contributed by atoms with Gasteiger partial charge in [-0.2, -0.15) is 0 Å². The monoisotopic (exact) mass is 234 g/mol. The molecule has 0 bridgehead atoms. The third-order valence-corrected chi connectivity index (χ3v) is 2.41. The van der Waals surface area contributed by atoms with Crippen LogP contribution in [0.15, 0.2) is 24.3 Å². The van der Waals surface area contributed by atoms with Gasteiger partial charge in [-0.25, -0.2) is 0 Å². The molecule has 1 rings (SSSR count). The molecule has 0 aliphatic heterocycles. The minimum Gasteiger partial charge on any atom is -0.330 e. The van der Waals surface area contributed by atoms with Crippen molar-refractivity contribution in [2.45, 2.75) is 26.2 Å². The molecule has 0 atom stereocenters. The SMILES string of the molecule is CC(=O)c1cccc(NC(=O)CCCCN)c1. The van der Waals surface area contributed by atoms with Crippen molar-refractivity contribution in [2.75, 3.05) is 11.9 Å². The van der Waals surface area contributed by atoms with Crippen LogP contribution in [0.5, 0.6) is 0 Å². The molecule has 1 aromatic carbocycles. The largest absolute Gasteiger partial charge is 0.330 e. The van der Waals surface area contributed by atoms with Crippen molar-refractivity contribution in [1.29, 1.82) is 0 Å². The van der Waals surface area contributed by atoms with Gasteiger partial charge in [0, 0.05) is 17.7 Å². The summed E-state index contributed by atoms with van der Waals surface area (Å²) in [4.78, 5) is 22.7. The molecule has 0 saturated heterocycles. The summed E-state index contributed by atoms with van der Waals surface area (Å²) >= 11 is 0. The van der Waals surface area contributed by atoms with Gasteiger partial charge in [0.1, 0.15) is 0 Å². The molecular formula is C13H18N2O2. The van der Waals surface area contributed by atoms with Gasteiger partial charge in [-0.1, -0.05) is 12.1 Å². The first-order valence-corrected chi connectivity index (χ1v) is 5.74. The molecule has 0 aromatic heterocycles. The van der Waals surface area contributed by atoms with E-state index in [1.807, 2.05) is 0 Å². The Morgan fingerprint density at radius 2 is 2.06 bits per heavy atom. The van der Waals surface area contributed by atoms with E-state index in [2.05, 4.69) is 5.32 Å². The fraction of sp³-hybridized carbons (Fsp3) is 0.385. The Bertz CT molecular complexity index is 402. The predicted molar refractivity (Wildman–Crippen MR) is 68.0 cm³/mol. The number of rotatable bonds is 6. The average molecular weight is 234 g/mol. The first kappa shape index (κ1) is 13.4. The zero-order valence-corrected chi connectivity index (χ0v) is 10.0. The molecule has 1 amide bonds. The maximum atomic E-state index is 11.5. The number of amides is 1. The van der Waals surface area contributed by atoms with Gasteiger partial charge in [-0.3, -0.25) is 9.59 Å². The van der Waals surface area contributed by atoms with E-state index < -0.39 is 0 Å². The predicted octanol–water partition coefficient (Wildman–Crippen LogP) is 1.96. The molecule has 92 valence electrons. The van der Waals surface area contributed by atoms with E-state index in [1.54, 1.807) is 24.3 Å². The van der Waals surface area contributed by atoms with E-state index >= 15 is 0 Å². The summed E-state index contributed by atoms with van der Waals surface area (Å²) in [5.74, 6) is -0.0524. The first-order valence-electron chi connectivity index (χ1n) is 5.74. The number of Topliss-reactive ketones (excluding diaryl/α,β-unsaturated/α-hetero) is 1. The molecule has 1 aromatic rings. The van der Waals surface area contributed by atoms with Crippen LogP contribution in [-0.4, -0.2) is 18.2 Å². The van der Waals surface area contributed by atoms with Gasteiger partial charge in [0.2, 0.25) is 5.91 Å². The summed E-state index contributed by atoms with van der Waals surface area (Å²) in [5, 5.41) is 2.76. The lowest BCUT2D eigenvalue weighted by Gasteiger charge is -2.06. The molecular weight excluding hydrogens is 216 g/mol. The lowest BCUT2D eigenvalue weighted by molar-refractivity contribution is -0.116. The van der Waals surface area contributed by atoms with Crippen LogP contribution in [0.1, 0.15) is 36.5 Å². The lowest BCUT2D eigenvalue weighted by atomic mass is 10.1. The van der Waals surface area contributed by atoms with Crippen LogP contribution >= 0.6 is 0 Å². The van der Waals surface area contributed by atoms with Crippen LogP contribution in [0.4, 0.5) is 5.69 Å². The number of carbonyl (C=O) groups is 2. The molecule has 17 heavy (non-hydrogen) atoms. The van der Waals surface area contributed by atoms with Crippen molar-refractivity contribution in [3.63, 3.8) is 0 Å². The number of benzene rings is 1. The molecule has 0 saturated carbocycles. The average Bonchev–Trinajstić information content (AvgIpc) is 2.29. The van der Waals surface area contributed by atoms with Gasteiger partial charge in [0.25, 0.3) is 0 Å². The summed E-state index contributed by atoms with van der Waals surface area (Å²) in [6.45, 7) is 2.11.